The summed E-state index contributed by atoms with van der Waals surface area (Å²) in [6, 6.07) is 10.7. The number of aromatic nitrogens is 2. The molecular formula is C23H19Cl2F2N5O2. The highest BCUT2D eigenvalue weighted by Crippen LogP contribution is 2.37. The molecule has 1 amide bonds. The van der Waals surface area contributed by atoms with Crippen LogP contribution in [0, 0.1) is 0 Å². The van der Waals surface area contributed by atoms with Crippen molar-refractivity contribution < 1.29 is 18.3 Å². The molecule has 0 fully saturated rings. The summed E-state index contributed by atoms with van der Waals surface area (Å²) in [7, 11) is 0. The topological polar surface area (TPSA) is 70.6 Å². The zero-order valence-corrected chi connectivity index (χ0v) is 19.3. The van der Waals surface area contributed by atoms with Crippen molar-refractivity contribution in [3.05, 3.63) is 69.3 Å². The number of ether oxygens (including phenoxy) is 1. The Bertz CT molecular complexity index is 1240. The lowest BCUT2D eigenvalue weighted by Crippen LogP contribution is -2.39. The normalized spacial score (nSPS) is 15.7. The van der Waals surface area contributed by atoms with Crippen LogP contribution in [0.4, 0.5) is 26.1 Å². The minimum Gasteiger partial charge on any atom is -0.455 e. The van der Waals surface area contributed by atoms with E-state index in [1.165, 1.54) is 11.1 Å². The van der Waals surface area contributed by atoms with Crippen LogP contribution in [-0.2, 0) is 13.0 Å². The van der Waals surface area contributed by atoms with Gasteiger partial charge in [-0.1, -0.05) is 35.3 Å². The van der Waals surface area contributed by atoms with Gasteiger partial charge in [0.25, 0.3) is 12.3 Å². The standard InChI is InChI=1S/C23H19Cl2F2N5O2/c24-17-2-1-3-18(25)20(17)32-12-34-21-16(22(32)33)9-28-23(30-21)29-15-5-4-13-6-7-31(11-19(26)27)10-14(13)8-15/h1-5,8-9,19H,6-7,10-12H2,(H,28,29,30). The molecule has 0 radical (unpaired) electrons. The van der Waals surface area contributed by atoms with Crippen molar-refractivity contribution in [3.8, 4) is 5.88 Å². The number of halogens is 4. The van der Waals surface area contributed by atoms with Crippen LogP contribution < -0.4 is 15.0 Å². The van der Waals surface area contributed by atoms with E-state index in [9.17, 15) is 13.6 Å². The maximum Gasteiger partial charge on any atom is 0.268 e. The first-order valence-electron chi connectivity index (χ1n) is 10.5. The second-order valence-electron chi connectivity index (χ2n) is 7.97. The highest BCUT2D eigenvalue weighted by molar-refractivity contribution is 6.40. The van der Waals surface area contributed by atoms with Crippen LogP contribution in [0.3, 0.4) is 0 Å². The summed E-state index contributed by atoms with van der Waals surface area (Å²) in [6.07, 6.45) is -0.258. The lowest BCUT2D eigenvalue weighted by Gasteiger charge is -2.29. The molecule has 2 aromatic carbocycles. The Hall–Kier alpha value is -3.01. The summed E-state index contributed by atoms with van der Waals surface area (Å²) in [5.41, 5.74) is 3.37. The van der Waals surface area contributed by atoms with E-state index in [2.05, 4.69) is 15.3 Å². The molecular weight excluding hydrogens is 487 g/mol. The van der Waals surface area contributed by atoms with Gasteiger partial charge in [-0.2, -0.15) is 4.98 Å². The van der Waals surface area contributed by atoms with Gasteiger partial charge in [0.1, 0.15) is 5.56 Å². The number of para-hydroxylation sites is 1. The molecule has 5 rings (SSSR count). The van der Waals surface area contributed by atoms with E-state index in [1.54, 1.807) is 23.1 Å². The number of benzene rings is 2. The Morgan fingerprint density at radius 1 is 1.15 bits per heavy atom. The van der Waals surface area contributed by atoms with E-state index in [4.69, 9.17) is 27.9 Å². The van der Waals surface area contributed by atoms with Crippen LogP contribution >= 0.6 is 23.2 Å². The fourth-order valence-corrected chi connectivity index (χ4v) is 4.70. The van der Waals surface area contributed by atoms with Crippen LogP contribution in [0.1, 0.15) is 21.5 Å². The average Bonchev–Trinajstić information content (AvgIpc) is 2.80. The Morgan fingerprint density at radius 3 is 2.71 bits per heavy atom. The summed E-state index contributed by atoms with van der Waals surface area (Å²) in [5.74, 6) is 0.00895. The predicted molar refractivity (Wildman–Crippen MR) is 126 cm³/mol. The van der Waals surface area contributed by atoms with Gasteiger partial charge < -0.3 is 10.1 Å². The van der Waals surface area contributed by atoms with Crippen molar-refractivity contribution in [1.29, 1.82) is 0 Å². The van der Waals surface area contributed by atoms with Crippen LogP contribution in [0.2, 0.25) is 10.0 Å². The Balaban J connectivity index is 1.34. The van der Waals surface area contributed by atoms with Crippen molar-refractivity contribution >= 4 is 46.4 Å². The van der Waals surface area contributed by atoms with Gasteiger partial charge in [-0.25, -0.2) is 13.8 Å². The van der Waals surface area contributed by atoms with Crippen LogP contribution in [0.5, 0.6) is 5.88 Å². The largest absolute Gasteiger partial charge is 0.455 e. The van der Waals surface area contributed by atoms with Gasteiger partial charge in [-0.15, -0.1) is 0 Å². The first kappa shape index (κ1) is 22.8. The summed E-state index contributed by atoms with van der Waals surface area (Å²) in [6.45, 7) is 0.718. The molecule has 11 heteroatoms. The number of carbonyl (C=O) groups excluding carboxylic acids is 1. The van der Waals surface area contributed by atoms with Gasteiger partial charge in [0.15, 0.2) is 6.73 Å². The first-order valence-corrected chi connectivity index (χ1v) is 11.3. The zero-order valence-electron chi connectivity index (χ0n) is 17.8. The third kappa shape index (κ3) is 4.51. The number of hydrogen-bond acceptors (Lipinski definition) is 6. The van der Waals surface area contributed by atoms with E-state index < -0.39 is 6.43 Å². The number of amides is 1. The highest BCUT2D eigenvalue weighted by Gasteiger charge is 2.31. The van der Waals surface area contributed by atoms with E-state index in [0.717, 1.165) is 17.5 Å². The fraction of sp³-hybridized carbons (Fsp3) is 0.261. The monoisotopic (exact) mass is 505 g/mol. The van der Waals surface area contributed by atoms with Gasteiger partial charge in [0.2, 0.25) is 11.8 Å². The second-order valence-corrected chi connectivity index (χ2v) is 8.79. The number of nitrogens with zero attached hydrogens (tertiary/aromatic N) is 4. The molecule has 34 heavy (non-hydrogen) atoms. The molecule has 1 aromatic heterocycles. The molecule has 0 unspecified atom stereocenters. The van der Waals surface area contributed by atoms with Gasteiger partial charge in [0, 0.05) is 25.0 Å². The van der Waals surface area contributed by atoms with Crippen LogP contribution in [0.25, 0.3) is 0 Å². The third-order valence-electron chi connectivity index (χ3n) is 5.72. The number of nitrogens with one attached hydrogen (secondary N) is 1. The third-order valence-corrected chi connectivity index (χ3v) is 6.33. The number of fused-ring (bicyclic) bond motifs is 2. The average molecular weight is 506 g/mol. The number of carbonyl (C=O) groups is 1. The van der Waals surface area contributed by atoms with Gasteiger partial charge in [0.05, 0.1) is 22.3 Å². The Labute approximate surface area is 204 Å². The highest BCUT2D eigenvalue weighted by atomic mass is 35.5. The number of hydrogen-bond donors (Lipinski definition) is 1. The molecule has 2 aliphatic heterocycles. The maximum atomic E-state index is 13.0. The molecule has 3 heterocycles. The minimum atomic E-state index is -2.36. The Morgan fingerprint density at radius 2 is 1.94 bits per heavy atom. The molecule has 1 N–H and O–H groups in total. The Kier molecular flexibility index (Phi) is 6.24. The molecule has 0 atom stereocenters. The van der Waals surface area contributed by atoms with Gasteiger partial charge >= 0.3 is 0 Å². The van der Waals surface area contributed by atoms with Crippen molar-refractivity contribution in [3.63, 3.8) is 0 Å². The molecule has 7 nitrogen and oxygen atoms in total. The first-order chi connectivity index (χ1) is 16.4. The summed E-state index contributed by atoms with van der Waals surface area (Å²) in [4.78, 5) is 24.7. The summed E-state index contributed by atoms with van der Waals surface area (Å²) < 4.78 is 31.2. The predicted octanol–water partition coefficient (Wildman–Crippen LogP) is 5.15. The van der Waals surface area contributed by atoms with E-state index in [1.807, 2.05) is 18.2 Å². The zero-order chi connectivity index (χ0) is 23.8. The van der Waals surface area contributed by atoms with E-state index in [0.29, 0.717) is 34.5 Å². The van der Waals surface area contributed by atoms with Crippen LogP contribution in [-0.4, -0.2) is 47.0 Å². The van der Waals surface area contributed by atoms with Gasteiger partial charge in [-0.05, 0) is 41.8 Å². The smallest absolute Gasteiger partial charge is 0.268 e. The SMILES string of the molecule is O=C1c2cnc(Nc3ccc4c(c3)CN(CC(F)F)CC4)nc2OCN1c1c(Cl)cccc1Cl. The number of alkyl halides is 2. The molecule has 0 spiro atoms. The molecule has 2 aliphatic rings. The minimum absolute atomic E-state index is 0.107. The maximum absolute atomic E-state index is 13.0. The fourth-order valence-electron chi connectivity index (χ4n) is 4.10. The summed E-state index contributed by atoms with van der Waals surface area (Å²) >= 11 is 12.5. The quantitative estimate of drug-likeness (QED) is 0.517. The lowest BCUT2D eigenvalue weighted by molar-refractivity contribution is 0.0820. The molecule has 0 bridgehead atoms. The van der Waals surface area contributed by atoms with Crippen molar-refractivity contribution in [2.24, 2.45) is 0 Å². The van der Waals surface area contributed by atoms with Crippen molar-refractivity contribution in [2.75, 3.05) is 30.0 Å². The number of rotatable bonds is 5. The van der Waals surface area contributed by atoms with Crippen LogP contribution in [0.15, 0.2) is 42.6 Å². The molecule has 0 saturated heterocycles. The number of anilines is 3. The molecule has 3 aromatic rings. The van der Waals surface area contributed by atoms with Gasteiger partial charge in [-0.3, -0.25) is 14.6 Å². The second kappa shape index (κ2) is 9.32. The van der Waals surface area contributed by atoms with E-state index >= 15 is 0 Å². The molecule has 176 valence electrons. The molecule has 0 saturated carbocycles. The summed E-state index contributed by atoms with van der Waals surface area (Å²) in [5, 5.41) is 3.75. The van der Waals surface area contributed by atoms with E-state index in [-0.39, 0.29) is 36.6 Å². The van der Waals surface area contributed by atoms with Crippen molar-refractivity contribution in [1.82, 2.24) is 14.9 Å². The van der Waals surface area contributed by atoms with Crippen molar-refractivity contribution in [2.45, 2.75) is 19.4 Å². The molecule has 0 aliphatic carbocycles. The lowest BCUT2D eigenvalue weighted by atomic mass is 9.99.